The van der Waals surface area contributed by atoms with Gasteiger partial charge >= 0.3 is 0 Å². The van der Waals surface area contributed by atoms with Gasteiger partial charge in [0, 0.05) is 18.9 Å². The van der Waals surface area contributed by atoms with E-state index in [1.165, 1.54) is 0 Å². The smallest absolute Gasteiger partial charge is 0.128 e. The van der Waals surface area contributed by atoms with Crippen molar-refractivity contribution in [3.63, 3.8) is 0 Å². The minimum absolute atomic E-state index is 0.0449. The minimum atomic E-state index is -0.233. The van der Waals surface area contributed by atoms with Crippen molar-refractivity contribution in [3.8, 4) is 0 Å². The highest BCUT2D eigenvalue weighted by atomic mass is 16.5. The van der Waals surface area contributed by atoms with E-state index >= 15 is 0 Å². The number of nitrogens with zero attached hydrogens (tertiary/aromatic N) is 1. The first kappa shape index (κ1) is 11.9. The minimum Gasteiger partial charge on any atom is -0.383 e. The molecule has 0 aromatic carbocycles. The molecule has 4 nitrogen and oxygen atoms in total. The van der Waals surface area contributed by atoms with Crippen LogP contribution in [0.15, 0.2) is 18.3 Å². The molecule has 4 N–H and O–H groups in total. The second-order valence-corrected chi connectivity index (χ2v) is 3.95. The number of nitrogen functional groups attached to an aromatic ring is 1. The van der Waals surface area contributed by atoms with Crippen molar-refractivity contribution in [2.45, 2.75) is 26.0 Å². The van der Waals surface area contributed by atoms with Gasteiger partial charge < -0.3 is 16.2 Å². The van der Waals surface area contributed by atoms with Crippen molar-refractivity contribution in [2.75, 3.05) is 12.8 Å². The van der Waals surface area contributed by atoms with Gasteiger partial charge in [0.05, 0.1) is 12.1 Å². The third-order valence-corrected chi connectivity index (χ3v) is 2.51. The van der Waals surface area contributed by atoms with E-state index in [-0.39, 0.29) is 12.1 Å². The van der Waals surface area contributed by atoms with Gasteiger partial charge in [-0.1, -0.05) is 19.9 Å². The van der Waals surface area contributed by atoms with Crippen LogP contribution >= 0.6 is 0 Å². The molecule has 0 bridgehead atoms. The number of hydrogen-bond donors (Lipinski definition) is 2. The summed E-state index contributed by atoms with van der Waals surface area (Å²) in [5, 5.41) is 0. The topological polar surface area (TPSA) is 74.2 Å². The second-order valence-electron chi connectivity index (χ2n) is 3.95. The maximum atomic E-state index is 6.11. The lowest BCUT2D eigenvalue weighted by Gasteiger charge is -2.26. The Labute approximate surface area is 90.6 Å². The van der Waals surface area contributed by atoms with Crippen LogP contribution in [0.4, 0.5) is 5.82 Å². The summed E-state index contributed by atoms with van der Waals surface area (Å²) in [6.45, 7) is 4.14. The van der Waals surface area contributed by atoms with Crippen molar-refractivity contribution in [1.82, 2.24) is 4.98 Å². The molecule has 4 heteroatoms. The Kier molecular flexibility index (Phi) is 4.05. The fourth-order valence-electron chi connectivity index (χ4n) is 1.72. The zero-order chi connectivity index (χ0) is 11.4. The highest BCUT2D eigenvalue weighted by Crippen LogP contribution is 2.24. The van der Waals surface area contributed by atoms with E-state index in [1.807, 2.05) is 12.1 Å². The van der Waals surface area contributed by atoms with Crippen LogP contribution in [0.25, 0.3) is 0 Å². The SMILES string of the molecule is COC(C(C)C)C(N)c1cccnc1N. The van der Waals surface area contributed by atoms with Crippen LogP contribution in [0.5, 0.6) is 0 Å². The first-order valence-corrected chi connectivity index (χ1v) is 5.06. The molecule has 2 unspecified atom stereocenters. The van der Waals surface area contributed by atoms with Crippen LogP contribution in [-0.2, 0) is 4.74 Å². The van der Waals surface area contributed by atoms with Crippen molar-refractivity contribution < 1.29 is 4.74 Å². The normalized spacial score (nSPS) is 15.3. The Morgan fingerprint density at radius 2 is 2.07 bits per heavy atom. The molecule has 0 amide bonds. The molecular formula is C11H19N3O. The highest BCUT2D eigenvalue weighted by molar-refractivity contribution is 5.41. The lowest BCUT2D eigenvalue weighted by Crippen LogP contribution is -2.33. The Balaban J connectivity index is 2.92. The van der Waals surface area contributed by atoms with Gasteiger partial charge in [-0.2, -0.15) is 0 Å². The molecule has 15 heavy (non-hydrogen) atoms. The Morgan fingerprint density at radius 3 is 2.53 bits per heavy atom. The standard InChI is InChI=1S/C11H19N3O/c1-7(2)10(15-3)9(12)8-5-4-6-14-11(8)13/h4-7,9-10H,12H2,1-3H3,(H2,13,14). The Morgan fingerprint density at radius 1 is 1.40 bits per heavy atom. The summed E-state index contributed by atoms with van der Waals surface area (Å²) in [6, 6.07) is 3.49. The number of ether oxygens (including phenoxy) is 1. The average Bonchev–Trinajstić information content (AvgIpc) is 2.18. The summed E-state index contributed by atoms with van der Waals surface area (Å²) in [5.41, 5.74) is 12.7. The van der Waals surface area contributed by atoms with Gasteiger partial charge in [-0.15, -0.1) is 0 Å². The number of rotatable bonds is 4. The van der Waals surface area contributed by atoms with E-state index in [0.29, 0.717) is 11.7 Å². The predicted molar refractivity (Wildman–Crippen MR) is 61.2 cm³/mol. The molecule has 0 saturated carbocycles. The lowest BCUT2D eigenvalue weighted by atomic mass is 9.94. The van der Waals surface area contributed by atoms with Crippen LogP contribution in [-0.4, -0.2) is 18.2 Å². The van der Waals surface area contributed by atoms with Crippen LogP contribution in [0.3, 0.4) is 0 Å². The first-order chi connectivity index (χ1) is 7.07. The number of nitrogens with two attached hydrogens (primary N) is 2. The molecule has 84 valence electrons. The lowest BCUT2D eigenvalue weighted by molar-refractivity contribution is 0.0438. The number of pyridine rings is 1. The van der Waals surface area contributed by atoms with Crippen molar-refractivity contribution in [3.05, 3.63) is 23.9 Å². The van der Waals surface area contributed by atoms with E-state index in [4.69, 9.17) is 16.2 Å². The van der Waals surface area contributed by atoms with Crippen molar-refractivity contribution >= 4 is 5.82 Å². The summed E-state index contributed by atoms with van der Waals surface area (Å²) < 4.78 is 5.37. The van der Waals surface area contributed by atoms with E-state index in [2.05, 4.69) is 18.8 Å². The fraction of sp³-hybridized carbons (Fsp3) is 0.545. The molecule has 1 aromatic heterocycles. The number of aromatic nitrogens is 1. The third-order valence-electron chi connectivity index (χ3n) is 2.51. The molecule has 0 spiro atoms. The summed E-state index contributed by atoms with van der Waals surface area (Å²) in [6.07, 6.45) is 1.61. The van der Waals surface area contributed by atoms with E-state index in [0.717, 1.165) is 5.56 Å². The van der Waals surface area contributed by atoms with Crippen molar-refractivity contribution in [2.24, 2.45) is 11.7 Å². The van der Waals surface area contributed by atoms with Gasteiger partial charge in [-0.25, -0.2) is 4.98 Å². The number of methoxy groups -OCH3 is 1. The predicted octanol–water partition coefficient (Wildman–Crippen LogP) is 1.33. The molecule has 2 atom stereocenters. The molecule has 0 fully saturated rings. The molecule has 0 radical (unpaired) electrons. The average molecular weight is 209 g/mol. The van der Waals surface area contributed by atoms with Gasteiger partial charge in [-0.3, -0.25) is 0 Å². The molecule has 0 aliphatic rings. The van der Waals surface area contributed by atoms with E-state index in [1.54, 1.807) is 13.3 Å². The van der Waals surface area contributed by atoms with Crippen molar-refractivity contribution in [1.29, 1.82) is 0 Å². The molecule has 1 heterocycles. The number of hydrogen-bond acceptors (Lipinski definition) is 4. The van der Waals surface area contributed by atoms with Gasteiger partial charge in [0.15, 0.2) is 0 Å². The maximum absolute atomic E-state index is 6.11. The number of anilines is 1. The molecule has 1 aromatic rings. The third kappa shape index (κ3) is 2.67. The fourth-order valence-corrected chi connectivity index (χ4v) is 1.72. The zero-order valence-corrected chi connectivity index (χ0v) is 9.47. The van der Waals surface area contributed by atoms with Gasteiger partial charge in [0.2, 0.25) is 0 Å². The van der Waals surface area contributed by atoms with E-state index in [9.17, 15) is 0 Å². The Bertz CT molecular complexity index is 314. The van der Waals surface area contributed by atoms with Crippen LogP contribution < -0.4 is 11.5 Å². The summed E-state index contributed by atoms with van der Waals surface area (Å²) in [5.74, 6) is 0.817. The summed E-state index contributed by atoms with van der Waals surface area (Å²) in [4.78, 5) is 4.02. The van der Waals surface area contributed by atoms with Gasteiger partial charge in [0.25, 0.3) is 0 Å². The molecule has 1 rings (SSSR count). The quantitative estimate of drug-likeness (QED) is 0.784. The van der Waals surface area contributed by atoms with Gasteiger partial charge in [-0.05, 0) is 12.0 Å². The summed E-state index contributed by atoms with van der Waals surface area (Å²) >= 11 is 0. The molecule has 0 saturated heterocycles. The largest absolute Gasteiger partial charge is 0.383 e. The van der Waals surface area contributed by atoms with Crippen LogP contribution in [0.1, 0.15) is 25.5 Å². The molecule has 0 aliphatic carbocycles. The van der Waals surface area contributed by atoms with E-state index < -0.39 is 0 Å². The zero-order valence-electron chi connectivity index (χ0n) is 9.47. The monoisotopic (exact) mass is 209 g/mol. The summed E-state index contributed by atoms with van der Waals surface area (Å²) in [7, 11) is 1.66. The highest BCUT2D eigenvalue weighted by Gasteiger charge is 2.24. The van der Waals surface area contributed by atoms with Gasteiger partial charge in [0.1, 0.15) is 5.82 Å². The first-order valence-electron chi connectivity index (χ1n) is 5.06. The van der Waals surface area contributed by atoms with Crippen LogP contribution in [0, 0.1) is 5.92 Å². The van der Waals surface area contributed by atoms with Crippen LogP contribution in [0.2, 0.25) is 0 Å². The molecular weight excluding hydrogens is 190 g/mol. The second kappa shape index (κ2) is 5.09. The molecule has 0 aliphatic heterocycles. The maximum Gasteiger partial charge on any atom is 0.128 e. The Hall–Kier alpha value is -1.13.